The maximum absolute atomic E-state index is 13.3. The van der Waals surface area contributed by atoms with Crippen LogP contribution in [0.1, 0.15) is 11.1 Å². The minimum absolute atomic E-state index is 0.118. The number of carbonyl (C=O) groups is 1. The topological polar surface area (TPSA) is 98.1 Å². The van der Waals surface area contributed by atoms with Gasteiger partial charge >= 0.3 is 10.1 Å². The third-order valence-corrected chi connectivity index (χ3v) is 6.04. The molecule has 8 nitrogen and oxygen atoms in total. The van der Waals surface area contributed by atoms with E-state index in [4.69, 9.17) is 25.6 Å². The van der Waals surface area contributed by atoms with Crippen LogP contribution in [0.15, 0.2) is 65.5 Å². The number of furan rings is 1. The maximum atomic E-state index is 13.3. The van der Waals surface area contributed by atoms with Gasteiger partial charge in [-0.3, -0.25) is 9.69 Å². The Morgan fingerprint density at radius 3 is 2.41 bits per heavy atom. The van der Waals surface area contributed by atoms with Crippen molar-refractivity contribution in [2.24, 2.45) is 0 Å². The molecule has 3 aromatic rings. The number of thiocarbonyl (C=S) groups is 1. The molecule has 166 valence electrons. The summed E-state index contributed by atoms with van der Waals surface area (Å²) >= 11 is 5.34. The van der Waals surface area contributed by atoms with E-state index in [0.717, 1.165) is 11.8 Å². The molecule has 1 fully saturated rings. The van der Waals surface area contributed by atoms with Crippen LogP contribution in [0.3, 0.4) is 0 Å². The summed E-state index contributed by atoms with van der Waals surface area (Å²) < 4.78 is 38.8. The number of ether oxygens (including phenoxy) is 1. The first-order valence-corrected chi connectivity index (χ1v) is 11.7. The number of amides is 1. The number of carbonyl (C=O) groups excluding carboxylic acids is 1. The molecule has 32 heavy (non-hydrogen) atoms. The lowest BCUT2D eigenvalue weighted by atomic mass is 9.83. The second-order valence-corrected chi connectivity index (χ2v) is 9.28. The monoisotopic (exact) mass is 472 g/mol. The van der Waals surface area contributed by atoms with Gasteiger partial charge in [-0.2, -0.15) is 8.42 Å². The largest absolute Gasteiger partial charge is 0.497 e. The zero-order valence-corrected chi connectivity index (χ0v) is 19.1. The number of rotatable bonds is 6. The number of likely N-dealkylation sites (N-methyl/N-ethyl adjacent to an activating group) is 1. The van der Waals surface area contributed by atoms with Crippen molar-refractivity contribution in [3.05, 3.63) is 72.2 Å². The highest BCUT2D eigenvalue weighted by Crippen LogP contribution is 2.38. The SMILES string of the molecule is COc1cc(OS(C)(=O)=O)cc(-c2cccc(C3(c4ccoc4)NC(=S)N(C)C3=O)c2)c1. The molecule has 1 unspecified atom stereocenters. The van der Waals surface area contributed by atoms with Crippen molar-refractivity contribution in [1.29, 1.82) is 0 Å². The molecule has 1 N–H and O–H groups in total. The molecular formula is C22H20N2O6S2. The van der Waals surface area contributed by atoms with E-state index in [2.05, 4.69) is 5.32 Å². The fraction of sp³-hybridized carbons (Fsp3) is 0.182. The Hall–Kier alpha value is -3.37. The Labute approximate surface area is 190 Å². The standard InChI is InChI=1S/C22H20N2O6S2/c1-24-20(25)22(23-21(24)31,17-7-8-29-13-17)16-6-4-5-14(9-16)15-10-18(28-2)12-19(11-15)30-32(3,26)27/h4-13H,1-3H3,(H,23,31). The normalized spacial score (nSPS) is 18.5. The average Bonchev–Trinajstić information content (AvgIpc) is 3.36. The molecular weight excluding hydrogens is 452 g/mol. The first kappa shape index (κ1) is 21.8. The van der Waals surface area contributed by atoms with Crippen LogP contribution in [0.2, 0.25) is 0 Å². The smallest absolute Gasteiger partial charge is 0.306 e. The van der Waals surface area contributed by atoms with E-state index >= 15 is 0 Å². The third kappa shape index (κ3) is 3.82. The van der Waals surface area contributed by atoms with Gasteiger partial charge in [0, 0.05) is 18.7 Å². The summed E-state index contributed by atoms with van der Waals surface area (Å²) in [6, 6.07) is 13.8. The molecule has 1 aliphatic heterocycles. The van der Waals surface area contributed by atoms with Crippen molar-refractivity contribution in [2.75, 3.05) is 20.4 Å². The maximum Gasteiger partial charge on any atom is 0.306 e. The highest BCUT2D eigenvalue weighted by Gasteiger charge is 2.51. The Balaban J connectivity index is 1.86. The third-order valence-electron chi connectivity index (χ3n) is 5.17. The van der Waals surface area contributed by atoms with Gasteiger partial charge in [-0.15, -0.1) is 0 Å². The summed E-state index contributed by atoms with van der Waals surface area (Å²) in [7, 11) is -0.633. The lowest BCUT2D eigenvalue weighted by molar-refractivity contribution is -0.129. The van der Waals surface area contributed by atoms with Gasteiger partial charge in [-0.25, -0.2) is 0 Å². The van der Waals surface area contributed by atoms with Crippen LogP contribution in [0.5, 0.6) is 11.5 Å². The van der Waals surface area contributed by atoms with Gasteiger partial charge in [0.2, 0.25) is 0 Å². The Morgan fingerprint density at radius 1 is 1.06 bits per heavy atom. The molecule has 1 atom stereocenters. The van der Waals surface area contributed by atoms with Crippen molar-refractivity contribution in [2.45, 2.75) is 5.54 Å². The molecule has 10 heteroatoms. The second kappa shape index (κ2) is 7.95. The fourth-order valence-electron chi connectivity index (χ4n) is 3.69. The number of hydrogen-bond acceptors (Lipinski definition) is 7. The molecule has 1 aromatic heterocycles. The fourth-order valence-corrected chi connectivity index (χ4v) is 4.37. The summed E-state index contributed by atoms with van der Waals surface area (Å²) in [6.07, 6.45) is 3.97. The lowest BCUT2D eigenvalue weighted by Crippen LogP contribution is -2.44. The summed E-state index contributed by atoms with van der Waals surface area (Å²) in [6.45, 7) is 0. The average molecular weight is 473 g/mol. The van der Waals surface area contributed by atoms with E-state index in [-0.39, 0.29) is 11.7 Å². The quantitative estimate of drug-likeness (QED) is 0.432. The predicted octanol–water partition coefficient (Wildman–Crippen LogP) is 2.88. The molecule has 1 saturated heterocycles. The molecule has 1 amide bonds. The van der Waals surface area contributed by atoms with E-state index in [1.54, 1.807) is 31.3 Å². The van der Waals surface area contributed by atoms with Crippen molar-refractivity contribution in [3.8, 4) is 22.6 Å². The summed E-state index contributed by atoms with van der Waals surface area (Å²) in [4.78, 5) is 14.7. The number of benzene rings is 2. The van der Waals surface area contributed by atoms with Gasteiger partial charge < -0.3 is 18.7 Å². The van der Waals surface area contributed by atoms with Crippen molar-refractivity contribution >= 4 is 33.4 Å². The van der Waals surface area contributed by atoms with Crippen LogP contribution >= 0.6 is 12.2 Å². The molecule has 0 aliphatic carbocycles. The van der Waals surface area contributed by atoms with E-state index < -0.39 is 15.7 Å². The summed E-state index contributed by atoms with van der Waals surface area (Å²) in [5.41, 5.74) is 1.37. The van der Waals surface area contributed by atoms with E-state index in [1.165, 1.54) is 30.6 Å². The van der Waals surface area contributed by atoms with Crippen LogP contribution in [0.4, 0.5) is 0 Å². The highest BCUT2D eigenvalue weighted by atomic mass is 32.2. The minimum atomic E-state index is -3.72. The van der Waals surface area contributed by atoms with Gasteiger partial charge in [0.25, 0.3) is 5.91 Å². The molecule has 0 spiro atoms. The van der Waals surface area contributed by atoms with Crippen LogP contribution in [-0.4, -0.2) is 44.8 Å². The molecule has 2 heterocycles. The lowest BCUT2D eigenvalue weighted by Gasteiger charge is -2.27. The Kier molecular flexibility index (Phi) is 5.43. The predicted molar refractivity (Wildman–Crippen MR) is 122 cm³/mol. The van der Waals surface area contributed by atoms with Crippen LogP contribution in [0.25, 0.3) is 11.1 Å². The summed E-state index contributed by atoms with van der Waals surface area (Å²) in [5, 5.41) is 3.45. The van der Waals surface area contributed by atoms with Gasteiger partial charge in [0.05, 0.1) is 25.9 Å². The van der Waals surface area contributed by atoms with E-state index in [1.807, 2.05) is 18.2 Å². The van der Waals surface area contributed by atoms with E-state index in [9.17, 15) is 13.2 Å². The van der Waals surface area contributed by atoms with Gasteiger partial charge in [0.1, 0.15) is 11.5 Å². The van der Waals surface area contributed by atoms with Crippen LogP contribution in [0, 0.1) is 0 Å². The van der Waals surface area contributed by atoms with Gasteiger partial charge in [0.15, 0.2) is 10.7 Å². The van der Waals surface area contributed by atoms with Crippen LogP contribution < -0.4 is 14.2 Å². The zero-order valence-electron chi connectivity index (χ0n) is 17.5. The molecule has 4 rings (SSSR count). The second-order valence-electron chi connectivity index (χ2n) is 7.32. The summed E-state index contributed by atoms with van der Waals surface area (Å²) in [5.74, 6) is 0.299. The van der Waals surface area contributed by atoms with Gasteiger partial charge in [-0.05, 0) is 53.2 Å². The first-order valence-electron chi connectivity index (χ1n) is 9.46. The molecule has 2 aromatic carbocycles. The van der Waals surface area contributed by atoms with Gasteiger partial charge in [-0.1, -0.05) is 18.2 Å². The molecule has 0 bridgehead atoms. The zero-order chi connectivity index (χ0) is 23.1. The van der Waals surface area contributed by atoms with Crippen LogP contribution in [-0.2, 0) is 20.5 Å². The number of nitrogens with one attached hydrogen (secondary N) is 1. The number of nitrogens with zero attached hydrogens (tertiary/aromatic N) is 1. The first-order chi connectivity index (χ1) is 15.1. The number of hydrogen-bond donors (Lipinski definition) is 1. The van der Waals surface area contributed by atoms with Crippen molar-refractivity contribution in [1.82, 2.24) is 10.2 Å². The molecule has 0 saturated carbocycles. The van der Waals surface area contributed by atoms with E-state index in [0.29, 0.717) is 27.6 Å². The molecule has 1 aliphatic rings. The molecule has 0 radical (unpaired) electrons. The Bertz CT molecular complexity index is 1300. The van der Waals surface area contributed by atoms with Crippen molar-refractivity contribution in [3.63, 3.8) is 0 Å². The highest BCUT2D eigenvalue weighted by molar-refractivity contribution is 7.86. The minimum Gasteiger partial charge on any atom is -0.497 e. The Morgan fingerprint density at radius 2 is 1.81 bits per heavy atom. The number of methoxy groups -OCH3 is 1. The van der Waals surface area contributed by atoms with Crippen molar-refractivity contribution < 1.29 is 26.5 Å².